The van der Waals surface area contributed by atoms with Crippen LogP contribution in [0.25, 0.3) is 0 Å². The second kappa shape index (κ2) is 25.0. The van der Waals surface area contributed by atoms with E-state index in [1.54, 1.807) is 20.3 Å². The fourth-order valence-corrected chi connectivity index (χ4v) is 2.42. The highest BCUT2D eigenvalue weighted by atomic mass is 16.5. The summed E-state index contributed by atoms with van der Waals surface area (Å²) in [6, 6.07) is 0. The van der Waals surface area contributed by atoms with E-state index < -0.39 is 0 Å². The number of hydrogen-bond acceptors (Lipinski definition) is 3. The first kappa shape index (κ1) is 38.6. The van der Waals surface area contributed by atoms with Gasteiger partial charge in [-0.15, -0.1) is 6.58 Å². The molecular formula is C31H52O3. The molecule has 0 aromatic heterocycles. The van der Waals surface area contributed by atoms with Crippen molar-refractivity contribution in [2.24, 2.45) is 11.8 Å². The van der Waals surface area contributed by atoms with Crippen LogP contribution in [0.5, 0.6) is 0 Å². The highest BCUT2D eigenvalue weighted by Gasteiger charge is 2.13. The third-order valence-corrected chi connectivity index (χ3v) is 4.98. The fraction of sp³-hybridized carbons (Fsp3) is 0.452. The molecule has 0 heterocycles. The minimum atomic E-state index is 0.281. The smallest absolute Gasteiger partial charge is 0.117 e. The lowest BCUT2D eigenvalue weighted by Crippen LogP contribution is -2.05. The third-order valence-electron chi connectivity index (χ3n) is 4.98. The van der Waals surface area contributed by atoms with E-state index in [9.17, 15) is 0 Å². The molecule has 0 fully saturated rings. The first-order valence-corrected chi connectivity index (χ1v) is 11.7. The Balaban J connectivity index is -0.000000576. The topological polar surface area (TPSA) is 35.5 Å². The van der Waals surface area contributed by atoms with Crippen LogP contribution in [-0.4, -0.2) is 27.6 Å². The minimum Gasteiger partial charge on any atom is -0.497 e. The van der Waals surface area contributed by atoms with Gasteiger partial charge in [0, 0.05) is 12.7 Å². The lowest BCUT2D eigenvalue weighted by molar-refractivity contribution is -0.0979. The predicted molar refractivity (Wildman–Crippen MR) is 154 cm³/mol. The maximum absolute atomic E-state index is 8.00. The average Bonchev–Trinajstić information content (AvgIpc) is 2.86. The second-order valence-electron chi connectivity index (χ2n) is 7.49. The van der Waals surface area contributed by atoms with E-state index in [-0.39, 0.29) is 5.92 Å². The van der Waals surface area contributed by atoms with Crippen molar-refractivity contribution in [3.05, 3.63) is 96.4 Å². The predicted octanol–water partition coefficient (Wildman–Crippen LogP) is 9.00. The molecule has 0 aliphatic rings. The van der Waals surface area contributed by atoms with E-state index in [1.165, 1.54) is 0 Å². The third kappa shape index (κ3) is 16.9. The number of hydrogen-bond donors (Lipinski definition) is 0. The number of ether oxygens (including phenoxy) is 2. The standard InChI is InChI=1S/C25H38O2.C3H6.C2H6.CH2O/c1-12-17(2)13-14-18(3)19(4)15-20(5)21(6)22(7)23(8)25(16-26-10)24(9)27-11;1-3-2;2*1-2/h13-15,17-18H,4,6-7,9,12,16H2,1-3,5,8,10-11H3;3H,1H2,2H3;1-2H3;1H2/b14-13-,20-15-,25-23-;;;. The number of carbonyl (C=O) groups excluding carboxylic acids is 1. The summed E-state index contributed by atoms with van der Waals surface area (Å²) >= 11 is 0. The summed E-state index contributed by atoms with van der Waals surface area (Å²) in [5, 5.41) is 0. The van der Waals surface area contributed by atoms with Crippen LogP contribution >= 0.6 is 0 Å². The maximum atomic E-state index is 8.00. The van der Waals surface area contributed by atoms with Gasteiger partial charge in [-0.2, -0.15) is 0 Å². The molecule has 0 spiro atoms. The van der Waals surface area contributed by atoms with Gasteiger partial charge in [0.1, 0.15) is 12.5 Å². The molecule has 0 aromatic carbocycles. The first-order chi connectivity index (χ1) is 16.0. The number of methoxy groups -OCH3 is 2. The summed E-state index contributed by atoms with van der Waals surface area (Å²) in [4.78, 5) is 8.00. The van der Waals surface area contributed by atoms with Crippen LogP contribution in [-0.2, 0) is 14.3 Å². The van der Waals surface area contributed by atoms with E-state index in [2.05, 4.69) is 71.9 Å². The molecule has 0 rings (SSSR count). The van der Waals surface area contributed by atoms with Gasteiger partial charge in [-0.05, 0) is 60.5 Å². The van der Waals surface area contributed by atoms with Gasteiger partial charge in [0.15, 0.2) is 0 Å². The first-order valence-electron chi connectivity index (χ1n) is 11.7. The molecule has 0 bridgehead atoms. The van der Waals surface area contributed by atoms with Crippen molar-refractivity contribution in [3.8, 4) is 0 Å². The number of rotatable bonds is 12. The molecule has 2 atom stereocenters. The maximum Gasteiger partial charge on any atom is 0.117 e. The Labute approximate surface area is 212 Å². The van der Waals surface area contributed by atoms with E-state index in [0.29, 0.717) is 18.3 Å². The Morgan fingerprint density at radius 3 is 1.79 bits per heavy atom. The highest BCUT2D eigenvalue weighted by molar-refractivity contribution is 5.56. The summed E-state index contributed by atoms with van der Waals surface area (Å²) in [6.07, 6.45) is 9.46. The van der Waals surface area contributed by atoms with Crippen molar-refractivity contribution in [2.75, 3.05) is 20.8 Å². The molecule has 2 unspecified atom stereocenters. The average molecular weight is 473 g/mol. The summed E-state index contributed by atoms with van der Waals surface area (Å²) in [6.45, 7) is 38.9. The molecule has 0 aliphatic heterocycles. The zero-order chi connectivity index (χ0) is 27.9. The van der Waals surface area contributed by atoms with E-state index in [0.717, 1.165) is 39.9 Å². The van der Waals surface area contributed by atoms with Crippen molar-refractivity contribution in [2.45, 2.75) is 61.8 Å². The Bertz CT molecular complexity index is 717. The largest absolute Gasteiger partial charge is 0.497 e. The van der Waals surface area contributed by atoms with Crippen LogP contribution in [0.2, 0.25) is 0 Å². The van der Waals surface area contributed by atoms with Gasteiger partial charge >= 0.3 is 0 Å². The summed E-state index contributed by atoms with van der Waals surface area (Å²) in [7, 11) is 3.25. The van der Waals surface area contributed by atoms with Gasteiger partial charge in [-0.3, -0.25) is 0 Å². The van der Waals surface area contributed by atoms with Gasteiger partial charge in [-0.1, -0.05) is 91.7 Å². The summed E-state index contributed by atoms with van der Waals surface area (Å²) in [5.41, 5.74) is 5.70. The van der Waals surface area contributed by atoms with Crippen molar-refractivity contribution >= 4 is 6.79 Å². The molecule has 0 amide bonds. The van der Waals surface area contributed by atoms with Gasteiger partial charge < -0.3 is 14.3 Å². The van der Waals surface area contributed by atoms with Crippen LogP contribution in [0.15, 0.2) is 96.4 Å². The SMILES string of the molecule is C=C(C(=C)/C(C)=C(/COC)C(=C)OC)/C(C)=C\C(=C)C(C)/C=C\C(C)CC.C=CC.C=O.CC. The molecule has 3 heteroatoms. The Morgan fingerprint density at radius 1 is 0.941 bits per heavy atom. The number of carbonyl (C=O) groups is 1. The zero-order valence-corrected chi connectivity index (χ0v) is 23.8. The molecule has 194 valence electrons. The molecule has 0 saturated carbocycles. The van der Waals surface area contributed by atoms with Gasteiger partial charge in [0.2, 0.25) is 0 Å². The quantitative estimate of drug-likeness (QED) is 0.161. The monoisotopic (exact) mass is 472 g/mol. The van der Waals surface area contributed by atoms with Crippen LogP contribution < -0.4 is 0 Å². The van der Waals surface area contributed by atoms with Crippen LogP contribution in [0.3, 0.4) is 0 Å². The lowest BCUT2D eigenvalue weighted by Gasteiger charge is -2.18. The second-order valence-corrected chi connectivity index (χ2v) is 7.49. The van der Waals surface area contributed by atoms with Gasteiger partial charge in [0.25, 0.3) is 0 Å². The van der Waals surface area contributed by atoms with Crippen molar-refractivity contribution in [1.82, 2.24) is 0 Å². The molecule has 34 heavy (non-hydrogen) atoms. The number of allylic oxidation sites excluding steroid dienone is 9. The highest BCUT2D eigenvalue weighted by Crippen LogP contribution is 2.28. The molecule has 0 saturated heterocycles. The molecule has 0 aliphatic carbocycles. The summed E-state index contributed by atoms with van der Waals surface area (Å²) < 4.78 is 10.6. The Hall–Kier alpha value is -2.65. The van der Waals surface area contributed by atoms with Crippen LogP contribution in [0, 0.1) is 11.8 Å². The fourth-order valence-electron chi connectivity index (χ4n) is 2.42. The lowest BCUT2D eigenvalue weighted by atomic mass is 9.90. The van der Waals surface area contributed by atoms with E-state index in [1.807, 2.05) is 41.4 Å². The van der Waals surface area contributed by atoms with Gasteiger partial charge in [0.05, 0.1) is 13.7 Å². The Morgan fingerprint density at radius 2 is 1.41 bits per heavy atom. The van der Waals surface area contributed by atoms with Crippen molar-refractivity contribution in [3.63, 3.8) is 0 Å². The van der Waals surface area contributed by atoms with E-state index in [4.69, 9.17) is 14.3 Å². The Kier molecular flexibility index (Phi) is 28.4. The van der Waals surface area contributed by atoms with Gasteiger partial charge in [-0.25, -0.2) is 0 Å². The molecule has 0 radical (unpaired) electrons. The molecule has 0 aromatic rings. The minimum absolute atomic E-state index is 0.281. The molecule has 3 nitrogen and oxygen atoms in total. The van der Waals surface area contributed by atoms with Crippen molar-refractivity contribution in [1.29, 1.82) is 0 Å². The summed E-state index contributed by atoms with van der Waals surface area (Å²) in [5.74, 6) is 1.45. The van der Waals surface area contributed by atoms with Crippen LogP contribution in [0.1, 0.15) is 61.8 Å². The molecular weight excluding hydrogens is 420 g/mol. The van der Waals surface area contributed by atoms with Crippen molar-refractivity contribution < 1.29 is 14.3 Å². The van der Waals surface area contributed by atoms with E-state index >= 15 is 0 Å². The normalized spacial score (nSPS) is 12.7. The zero-order valence-electron chi connectivity index (χ0n) is 23.8. The van der Waals surface area contributed by atoms with Crippen LogP contribution in [0.4, 0.5) is 0 Å². The molecule has 0 N–H and O–H groups in total.